The fourth-order valence-corrected chi connectivity index (χ4v) is 1.68. The number of carboxylic acid groups (broad SMARTS) is 4. The van der Waals surface area contributed by atoms with Crippen LogP contribution in [-0.2, 0) is 38.2 Å². The predicted molar refractivity (Wildman–Crippen MR) is 93.6 cm³/mol. The van der Waals surface area contributed by atoms with Gasteiger partial charge in [-0.1, -0.05) is 0 Å². The van der Waals surface area contributed by atoms with Crippen molar-refractivity contribution in [3.63, 3.8) is 0 Å². The molecule has 0 fully saturated rings. The van der Waals surface area contributed by atoms with Crippen LogP contribution in [0.3, 0.4) is 0 Å². The van der Waals surface area contributed by atoms with Gasteiger partial charge in [-0.2, -0.15) is 0 Å². The van der Waals surface area contributed by atoms with Crippen LogP contribution in [0.4, 0.5) is 4.79 Å². The Balaban J connectivity index is -0.00000364. The average molecular weight is 494 g/mol. The van der Waals surface area contributed by atoms with Crippen LogP contribution < -0.4 is 0 Å². The zero-order chi connectivity index (χ0) is 22.3. The minimum atomic E-state index is -3.14. The molecule has 164 valence electrons. The number of hydrogen-bond acceptors (Lipinski definition) is 11. The summed E-state index contributed by atoms with van der Waals surface area (Å²) in [4.78, 5) is 76.7. The first-order chi connectivity index (χ1) is 12.6. The summed E-state index contributed by atoms with van der Waals surface area (Å²) in [6.45, 7) is 0. The molecule has 0 spiro atoms. The average Bonchev–Trinajstić information content (AvgIpc) is 2.43. The van der Waals surface area contributed by atoms with Gasteiger partial charge >= 0.3 is 117 Å². The third kappa shape index (κ3) is 11.9. The van der Waals surface area contributed by atoms with Crippen molar-refractivity contribution < 1.29 is 73.7 Å². The molecule has 0 aliphatic heterocycles. The summed E-state index contributed by atoms with van der Waals surface area (Å²) < 4.78 is 7.64. The molecule has 30 heavy (non-hydrogen) atoms. The molecule has 0 radical (unpaired) electrons. The van der Waals surface area contributed by atoms with E-state index in [0.717, 1.165) is 0 Å². The molecule has 0 rings (SSSR count). The maximum absolute atomic E-state index is 11.4. The van der Waals surface area contributed by atoms with E-state index in [1.807, 2.05) is 0 Å². The molecule has 15 nitrogen and oxygen atoms in total. The van der Waals surface area contributed by atoms with Crippen LogP contribution >= 0.6 is 0 Å². The van der Waals surface area contributed by atoms with Gasteiger partial charge in [-0.3, -0.25) is 19.2 Å². The topological polar surface area (TPSA) is 259 Å². The van der Waals surface area contributed by atoms with E-state index in [1.54, 1.807) is 0 Å². The standard InChI is InChI=1S/C13H14O15.2Ca.4H/c14-5(15)1-12(25,9(20)21)3-7(18)27-11(24)28-8(19)4-13(26,10(22)23)2-6(16)17;;;;;;/h25-26H,1-4H2,(H,14,15)(H,16,17)(H,20,21)(H,22,23);;;;;;. The first-order valence-electron chi connectivity index (χ1n) is 6.92. The third-order valence-corrected chi connectivity index (χ3v) is 2.95. The molecule has 0 aromatic heterocycles. The van der Waals surface area contributed by atoms with E-state index in [-0.39, 0.29) is 75.5 Å². The molecule has 0 aliphatic carbocycles. The first-order valence-corrected chi connectivity index (χ1v) is 6.92. The monoisotopic (exact) mass is 494 g/mol. The Morgan fingerprint density at radius 3 is 1.03 bits per heavy atom. The van der Waals surface area contributed by atoms with Crippen molar-refractivity contribution >= 4 is 117 Å². The summed E-state index contributed by atoms with van der Waals surface area (Å²) in [5.74, 6) is -11.5. The van der Waals surface area contributed by atoms with Crippen LogP contribution in [0, 0.1) is 0 Å². The molecule has 0 saturated carbocycles. The van der Waals surface area contributed by atoms with E-state index >= 15 is 0 Å². The quantitative estimate of drug-likeness (QED) is 0.0953. The van der Waals surface area contributed by atoms with E-state index < -0.39 is 78.9 Å². The molecule has 0 aromatic carbocycles. The van der Waals surface area contributed by atoms with Gasteiger partial charge in [-0.25, -0.2) is 14.4 Å². The Labute approximate surface area is 225 Å². The summed E-state index contributed by atoms with van der Waals surface area (Å²) in [6.07, 6.45) is -8.06. The Bertz CT molecular complexity index is 661. The van der Waals surface area contributed by atoms with E-state index in [9.17, 15) is 43.8 Å². The number of esters is 2. The molecule has 17 heteroatoms. The molecule has 0 heterocycles. The van der Waals surface area contributed by atoms with Crippen molar-refractivity contribution in [3.8, 4) is 0 Å². The normalized spacial score (nSPS) is 13.7. The van der Waals surface area contributed by atoms with Crippen LogP contribution in [0.15, 0.2) is 0 Å². The summed E-state index contributed by atoms with van der Waals surface area (Å²) in [5, 5.41) is 53.6. The number of rotatable bonds is 10. The Kier molecular flexibility index (Phi) is 15.8. The van der Waals surface area contributed by atoms with Gasteiger partial charge in [0.1, 0.15) is 0 Å². The summed E-state index contributed by atoms with van der Waals surface area (Å²) in [5.41, 5.74) is -6.28. The van der Waals surface area contributed by atoms with Gasteiger partial charge in [0.25, 0.3) is 0 Å². The van der Waals surface area contributed by atoms with Gasteiger partial charge < -0.3 is 40.1 Å². The maximum atomic E-state index is 11.4. The van der Waals surface area contributed by atoms with Gasteiger partial charge in [0.2, 0.25) is 0 Å². The van der Waals surface area contributed by atoms with Gasteiger partial charge in [0.15, 0.2) is 11.2 Å². The van der Waals surface area contributed by atoms with Crippen molar-refractivity contribution in [1.29, 1.82) is 0 Å². The van der Waals surface area contributed by atoms with E-state index in [4.69, 9.17) is 20.4 Å². The first kappa shape index (κ1) is 33.6. The zero-order valence-electron chi connectivity index (χ0n) is 13.7. The third-order valence-electron chi connectivity index (χ3n) is 2.95. The zero-order valence-corrected chi connectivity index (χ0v) is 13.7. The van der Waals surface area contributed by atoms with Crippen LogP contribution in [0.1, 0.15) is 25.7 Å². The van der Waals surface area contributed by atoms with Crippen molar-refractivity contribution in [3.05, 3.63) is 0 Å². The van der Waals surface area contributed by atoms with Crippen LogP contribution in [-0.4, -0.2) is 159 Å². The van der Waals surface area contributed by atoms with Gasteiger partial charge in [0.05, 0.1) is 25.7 Å². The minimum absolute atomic E-state index is 0. The molecule has 0 bridgehead atoms. The van der Waals surface area contributed by atoms with E-state index in [0.29, 0.717) is 0 Å². The van der Waals surface area contributed by atoms with Crippen LogP contribution in [0.25, 0.3) is 0 Å². The molecular weight excluding hydrogens is 476 g/mol. The number of aliphatic carboxylic acids is 4. The molecule has 0 saturated heterocycles. The second-order valence-electron chi connectivity index (χ2n) is 5.37. The molecule has 0 aromatic rings. The fraction of sp³-hybridized carbons (Fsp3) is 0.462. The van der Waals surface area contributed by atoms with Crippen molar-refractivity contribution in [2.45, 2.75) is 36.9 Å². The molecule has 0 amide bonds. The Morgan fingerprint density at radius 1 is 0.567 bits per heavy atom. The summed E-state index contributed by atoms with van der Waals surface area (Å²) in [6, 6.07) is 0. The molecular formula is C13H18Ca2O15. The summed E-state index contributed by atoms with van der Waals surface area (Å²) >= 11 is 0. The second-order valence-corrected chi connectivity index (χ2v) is 5.37. The number of aliphatic hydroxyl groups is 2. The van der Waals surface area contributed by atoms with Gasteiger partial charge in [0, 0.05) is 0 Å². The van der Waals surface area contributed by atoms with Crippen molar-refractivity contribution in [2.24, 2.45) is 0 Å². The number of ether oxygens (including phenoxy) is 2. The molecule has 2 unspecified atom stereocenters. The van der Waals surface area contributed by atoms with Gasteiger partial charge in [-0.05, 0) is 0 Å². The van der Waals surface area contributed by atoms with Crippen LogP contribution in [0.5, 0.6) is 0 Å². The number of hydrogen-bond donors (Lipinski definition) is 6. The van der Waals surface area contributed by atoms with E-state index in [2.05, 4.69) is 9.47 Å². The van der Waals surface area contributed by atoms with Crippen molar-refractivity contribution in [1.82, 2.24) is 0 Å². The Hall–Kier alpha value is -1.07. The Morgan fingerprint density at radius 2 is 0.833 bits per heavy atom. The second kappa shape index (κ2) is 14.1. The molecule has 2 atom stereocenters. The number of carbonyl (C=O) groups excluding carboxylic acids is 3. The van der Waals surface area contributed by atoms with Gasteiger partial charge in [-0.15, -0.1) is 0 Å². The SMILES string of the molecule is O=C(O)CC(O)(CC(=O)OC(=O)OC(=O)CC(O)(CC(=O)O)C(=O)O)C(=O)O.[CaH2].[CaH2]. The molecule has 6 N–H and O–H groups in total. The predicted octanol–water partition coefficient (Wildman–Crippen LogP) is -4.28. The van der Waals surface area contributed by atoms with E-state index in [1.165, 1.54) is 0 Å². The van der Waals surface area contributed by atoms with Crippen LogP contribution in [0.2, 0.25) is 0 Å². The van der Waals surface area contributed by atoms with Crippen molar-refractivity contribution in [2.75, 3.05) is 0 Å². The number of carboxylic acids is 4. The summed E-state index contributed by atoms with van der Waals surface area (Å²) in [7, 11) is 0. The number of carbonyl (C=O) groups is 7. The fourth-order valence-electron chi connectivity index (χ4n) is 1.68. The molecule has 0 aliphatic rings.